The average molecular weight is 299 g/mol. The standard InChI is InChI=1S/C16H17N3O3/c1-18(2)15(21)10-17-16(22)12-8-9-14(20)19(11-12)13-6-4-3-5-7-13/h3-9,11H,10H2,1-2H3,(H,17,22). The van der Waals surface area contributed by atoms with Crippen molar-refractivity contribution in [1.29, 1.82) is 0 Å². The van der Waals surface area contributed by atoms with Gasteiger partial charge in [0.1, 0.15) is 0 Å². The lowest BCUT2D eigenvalue weighted by molar-refractivity contribution is -0.127. The second-order valence-corrected chi connectivity index (χ2v) is 4.93. The van der Waals surface area contributed by atoms with Crippen LogP contribution in [0.1, 0.15) is 10.4 Å². The van der Waals surface area contributed by atoms with E-state index in [4.69, 9.17) is 0 Å². The molecule has 2 rings (SSSR count). The molecular weight excluding hydrogens is 282 g/mol. The Morgan fingerprint density at radius 1 is 1.09 bits per heavy atom. The van der Waals surface area contributed by atoms with E-state index in [2.05, 4.69) is 5.32 Å². The SMILES string of the molecule is CN(C)C(=O)CNC(=O)c1ccc(=O)n(-c2ccccc2)c1. The molecule has 0 radical (unpaired) electrons. The number of likely N-dealkylation sites (N-methyl/N-ethyl adjacent to an activating group) is 1. The molecule has 1 heterocycles. The number of nitrogens with zero attached hydrogens (tertiary/aromatic N) is 2. The van der Waals surface area contributed by atoms with Crippen molar-refractivity contribution < 1.29 is 9.59 Å². The quantitative estimate of drug-likeness (QED) is 0.901. The van der Waals surface area contributed by atoms with E-state index in [1.165, 1.54) is 27.8 Å². The molecule has 6 nitrogen and oxygen atoms in total. The summed E-state index contributed by atoms with van der Waals surface area (Å²) < 4.78 is 1.39. The molecule has 1 N–H and O–H groups in total. The van der Waals surface area contributed by atoms with Crippen LogP contribution in [-0.2, 0) is 4.79 Å². The Balaban J connectivity index is 2.21. The number of para-hydroxylation sites is 1. The normalized spacial score (nSPS) is 10.1. The van der Waals surface area contributed by atoms with Gasteiger partial charge in [-0.2, -0.15) is 0 Å². The first-order chi connectivity index (χ1) is 10.5. The molecule has 0 unspecified atom stereocenters. The first-order valence-electron chi connectivity index (χ1n) is 6.75. The third kappa shape index (κ3) is 3.60. The third-order valence-corrected chi connectivity index (χ3v) is 3.11. The Labute approximate surface area is 128 Å². The Kier molecular flexibility index (Phi) is 4.73. The predicted molar refractivity (Wildman–Crippen MR) is 83.1 cm³/mol. The largest absolute Gasteiger partial charge is 0.347 e. The zero-order chi connectivity index (χ0) is 16.1. The number of hydrogen-bond donors (Lipinski definition) is 1. The second kappa shape index (κ2) is 6.71. The van der Waals surface area contributed by atoms with E-state index in [1.54, 1.807) is 26.2 Å². The molecule has 0 aliphatic heterocycles. The van der Waals surface area contributed by atoms with Crippen LogP contribution < -0.4 is 10.9 Å². The number of pyridine rings is 1. The number of aromatic nitrogens is 1. The van der Waals surface area contributed by atoms with Gasteiger partial charge in [-0.25, -0.2) is 0 Å². The lowest BCUT2D eigenvalue weighted by Gasteiger charge is -2.12. The van der Waals surface area contributed by atoms with Crippen LogP contribution in [0.4, 0.5) is 0 Å². The minimum atomic E-state index is -0.403. The van der Waals surface area contributed by atoms with E-state index in [0.29, 0.717) is 11.3 Å². The highest BCUT2D eigenvalue weighted by molar-refractivity contribution is 5.96. The van der Waals surface area contributed by atoms with Crippen LogP contribution in [-0.4, -0.2) is 41.9 Å². The summed E-state index contributed by atoms with van der Waals surface area (Å²) in [4.78, 5) is 36.9. The molecule has 22 heavy (non-hydrogen) atoms. The van der Waals surface area contributed by atoms with Crippen molar-refractivity contribution >= 4 is 11.8 Å². The maximum absolute atomic E-state index is 12.1. The van der Waals surface area contributed by atoms with Crippen LogP contribution in [0, 0.1) is 0 Å². The maximum atomic E-state index is 12.1. The van der Waals surface area contributed by atoms with Crippen LogP contribution in [0.15, 0.2) is 53.5 Å². The molecule has 0 atom stereocenters. The monoisotopic (exact) mass is 299 g/mol. The van der Waals surface area contributed by atoms with Gasteiger partial charge >= 0.3 is 0 Å². The second-order valence-electron chi connectivity index (χ2n) is 4.93. The average Bonchev–Trinajstić information content (AvgIpc) is 2.53. The van der Waals surface area contributed by atoms with Crippen molar-refractivity contribution in [2.45, 2.75) is 0 Å². The molecule has 0 saturated heterocycles. The molecule has 0 saturated carbocycles. The number of nitrogens with one attached hydrogen (secondary N) is 1. The molecule has 1 aromatic heterocycles. The van der Waals surface area contributed by atoms with E-state index in [0.717, 1.165) is 0 Å². The smallest absolute Gasteiger partial charge is 0.255 e. The summed E-state index contributed by atoms with van der Waals surface area (Å²) in [6.07, 6.45) is 1.47. The predicted octanol–water partition coefficient (Wildman–Crippen LogP) is 0.655. The summed E-state index contributed by atoms with van der Waals surface area (Å²) in [5, 5.41) is 2.53. The van der Waals surface area contributed by atoms with Crippen molar-refractivity contribution in [2.75, 3.05) is 20.6 Å². The molecule has 2 aromatic rings. The molecule has 0 spiro atoms. The van der Waals surface area contributed by atoms with Crippen molar-refractivity contribution in [3.05, 3.63) is 64.6 Å². The lowest BCUT2D eigenvalue weighted by Crippen LogP contribution is -2.36. The van der Waals surface area contributed by atoms with E-state index < -0.39 is 5.91 Å². The van der Waals surface area contributed by atoms with Crippen molar-refractivity contribution in [3.8, 4) is 5.69 Å². The highest BCUT2D eigenvalue weighted by Crippen LogP contribution is 2.05. The fourth-order valence-corrected chi connectivity index (χ4v) is 1.83. The number of hydrogen-bond acceptors (Lipinski definition) is 3. The van der Waals surface area contributed by atoms with Gasteiger partial charge in [0, 0.05) is 32.0 Å². The molecule has 0 bridgehead atoms. The fraction of sp³-hybridized carbons (Fsp3) is 0.188. The minimum absolute atomic E-state index is 0.0870. The number of carbonyl (C=O) groups excluding carboxylic acids is 2. The fourth-order valence-electron chi connectivity index (χ4n) is 1.83. The van der Waals surface area contributed by atoms with Crippen LogP contribution in [0.25, 0.3) is 5.69 Å². The van der Waals surface area contributed by atoms with Gasteiger partial charge in [0.15, 0.2) is 0 Å². The van der Waals surface area contributed by atoms with E-state index in [1.807, 2.05) is 18.2 Å². The van der Waals surface area contributed by atoms with E-state index in [-0.39, 0.29) is 18.0 Å². The zero-order valence-electron chi connectivity index (χ0n) is 12.4. The molecule has 1 aromatic carbocycles. The van der Waals surface area contributed by atoms with Crippen molar-refractivity contribution in [1.82, 2.24) is 14.8 Å². The van der Waals surface area contributed by atoms with E-state index in [9.17, 15) is 14.4 Å². The summed E-state index contributed by atoms with van der Waals surface area (Å²) in [6, 6.07) is 11.8. The van der Waals surface area contributed by atoms with Gasteiger partial charge < -0.3 is 10.2 Å². The molecule has 6 heteroatoms. The van der Waals surface area contributed by atoms with Gasteiger partial charge in [-0.1, -0.05) is 18.2 Å². The van der Waals surface area contributed by atoms with Crippen LogP contribution in [0.5, 0.6) is 0 Å². The van der Waals surface area contributed by atoms with Crippen LogP contribution >= 0.6 is 0 Å². The van der Waals surface area contributed by atoms with Crippen molar-refractivity contribution in [3.63, 3.8) is 0 Å². The van der Waals surface area contributed by atoms with Gasteiger partial charge in [0.05, 0.1) is 12.1 Å². The molecule has 0 aliphatic carbocycles. The van der Waals surface area contributed by atoms with Gasteiger partial charge in [0.25, 0.3) is 11.5 Å². The van der Waals surface area contributed by atoms with Crippen LogP contribution in [0.2, 0.25) is 0 Å². The number of amides is 2. The minimum Gasteiger partial charge on any atom is -0.347 e. The molecule has 2 amide bonds. The maximum Gasteiger partial charge on any atom is 0.255 e. The molecule has 0 aliphatic rings. The Morgan fingerprint density at radius 3 is 2.41 bits per heavy atom. The van der Waals surface area contributed by atoms with Gasteiger partial charge in [0.2, 0.25) is 5.91 Å². The first kappa shape index (κ1) is 15.5. The highest BCUT2D eigenvalue weighted by Gasteiger charge is 2.11. The first-order valence-corrected chi connectivity index (χ1v) is 6.75. The molecular formula is C16H17N3O3. The lowest BCUT2D eigenvalue weighted by atomic mass is 10.2. The summed E-state index contributed by atoms with van der Waals surface area (Å²) in [6.45, 7) is -0.0870. The summed E-state index contributed by atoms with van der Waals surface area (Å²) in [5.41, 5.74) is 0.758. The molecule has 0 fully saturated rings. The topological polar surface area (TPSA) is 71.4 Å². The Morgan fingerprint density at radius 2 is 1.77 bits per heavy atom. The Bertz CT molecular complexity index is 736. The zero-order valence-corrected chi connectivity index (χ0v) is 12.4. The van der Waals surface area contributed by atoms with E-state index >= 15 is 0 Å². The summed E-state index contributed by atoms with van der Waals surface area (Å²) in [7, 11) is 3.23. The van der Waals surface area contributed by atoms with Crippen LogP contribution in [0.3, 0.4) is 0 Å². The number of carbonyl (C=O) groups is 2. The third-order valence-electron chi connectivity index (χ3n) is 3.11. The van der Waals surface area contributed by atoms with Gasteiger partial charge in [-0.3, -0.25) is 19.0 Å². The summed E-state index contributed by atoms with van der Waals surface area (Å²) >= 11 is 0. The Hall–Kier alpha value is -2.89. The number of rotatable bonds is 4. The molecule has 114 valence electrons. The van der Waals surface area contributed by atoms with Gasteiger partial charge in [-0.05, 0) is 18.2 Å². The number of benzene rings is 1. The van der Waals surface area contributed by atoms with Crippen molar-refractivity contribution in [2.24, 2.45) is 0 Å². The highest BCUT2D eigenvalue weighted by atomic mass is 16.2. The summed E-state index contributed by atoms with van der Waals surface area (Å²) in [5.74, 6) is -0.607. The van der Waals surface area contributed by atoms with Gasteiger partial charge in [-0.15, -0.1) is 0 Å².